The van der Waals surface area contributed by atoms with Crippen LogP contribution in [0.15, 0.2) is 24.3 Å². The summed E-state index contributed by atoms with van der Waals surface area (Å²) in [5, 5.41) is 0. The van der Waals surface area contributed by atoms with Crippen LogP contribution in [0.5, 0.6) is 0 Å². The molecule has 1 unspecified atom stereocenters. The third-order valence-corrected chi connectivity index (χ3v) is 1.95. The first-order valence-electron chi connectivity index (χ1n) is 4.93. The predicted molar refractivity (Wildman–Crippen MR) is 53.9 cm³/mol. The number of aldehydes is 1. The van der Waals surface area contributed by atoms with Crippen molar-refractivity contribution in [2.24, 2.45) is 0 Å². The molecule has 1 saturated heterocycles. The average Bonchev–Trinajstić information content (AvgIpc) is 2.25. The number of hydrogen-bond donors (Lipinski definition) is 0. The molecule has 3 heteroatoms. The van der Waals surface area contributed by atoms with Gasteiger partial charge in [0.25, 0.3) is 0 Å². The second-order valence-electron chi connectivity index (χ2n) is 3.08. The van der Waals surface area contributed by atoms with Crippen LogP contribution in [0.3, 0.4) is 0 Å². The number of ether oxygens (including phenoxy) is 2. The first kappa shape index (κ1) is 11.1. The maximum atomic E-state index is 9.91. The first-order valence-corrected chi connectivity index (χ1v) is 4.93. The Labute approximate surface area is 84.4 Å². The van der Waals surface area contributed by atoms with E-state index in [1.54, 1.807) is 12.2 Å². The van der Waals surface area contributed by atoms with Crippen molar-refractivity contribution in [1.82, 2.24) is 0 Å². The second-order valence-corrected chi connectivity index (χ2v) is 3.08. The van der Waals surface area contributed by atoms with E-state index in [1.807, 2.05) is 6.08 Å². The van der Waals surface area contributed by atoms with Gasteiger partial charge in [0.15, 0.2) is 6.29 Å². The van der Waals surface area contributed by atoms with Gasteiger partial charge in [-0.15, -0.1) is 0 Å². The van der Waals surface area contributed by atoms with Crippen LogP contribution in [0.1, 0.15) is 19.3 Å². The van der Waals surface area contributed by atoms with E-state index in [9.17, 15) is 4.79 Å². The summed E-state index contributed by atoms with van der Waals surface area (Å²) >= 11 is 0. The zero-order valence-corrected chi connectivity index (χ0v) is 8.22. The summed E-state index contributed by atoms with van der Waals surface area (Å²) in [5.74, 6) is 0. The fourth-order valence-electron chi connectivity index (χ4n) is 1.25. The quantitative estimate of drug-likeness (QED) is 0.382. The molecule has 1 aliphatic heterocycles. The highest BCUT2D eigenvalue weighted by molar-refractivity contribution is 5.65. The summed E-state index contributed by atoms with van der Waals surface area (Å²) in [6.07, 6.45) is 10.8. The molecule has 1 atom stereocenters. The van der Waals surface area contributed by atoms with Crippen molar-refractivity contribution in [1.29, 1.82) is 0 Å². The SMILES string of the molecule is O=C/C=C/C=C\COC1CCCCO1. The van der Waals surface area contributed by atoms with E-state index >= 15 is 0 Å². The Morgan fingerprint density at radius 3 is 2.93 bits per heavy atom. The Morgan fingerprint density at radius 1 is 1.29 bits per heavy atom. The minimum Gasteiger partial charge on any atom is -0.353 e. The lowest BCUT2D eigenvalue weighted by atomic mass is 10.2. The van der Waals surface area contributed by atoms with Gasteiger partial charge in [-0.25, -0.2) is 0 Å². The molecule has 0 radical (unpaired) electrons. The van der Waals surface area contributed by atoms with Gasteiger partial charge in [-0.3, -0.25) is 4.79 Å². The van der Waals surface area contributed by atoms with Gasteiger partial charge >= 0.3 is 0 Å². The molecule has 1 heterocycles. The fourth-order valence-corrected chi connectivity index (χ4v) is 1.25. The monoisotopic (exact) mass is 196 g/mol. The highest BCUT2D eigenvalue weighted by atomic mass is 16.7. The Kier molecular flexibility index (Phi) is 5.95. The van der Waals surface area contributed by atoms with Gasteiger partial charge in [0.2, 0.25) is 0 Å². The molecule has 78 valence electrons. The van der Waals surface area contributed by atoms with Crippen LogP contribution in [-0.4, -0.2) is 25.8 Å². The first-order chi connectivity index (χ1) is 6.93. The standard InChI is InChI=1S/C11H16O3/c12-8-4-1-2-5-9-13-11-7-3-6-10-14-11/h1-2,4-5,8,11H,3,6-7,9-10H2/b4-1+,5-2-. The van der Waals surface area contributed by atoms with Crippen LogP contribution in [0.4, 0.5) is 0 Å². The van der Waals surface area contributed by atoms with E-state index in [2.05, 4.69) is 0 Å². The second kappa shape index (κ2) is 7.47. The lowest BCUT2D eigenvalue weighted by Gasteiger charge is -2.21. The summed E-state index contributed by atoms with van der Waals surface area (Å²) in [6, 6.07) is 0. The number of carbonyl (C=O) groups is 1. The van der Waals surface area contributed by atoms with Crippen molar-refractivity contribution in [3.8, 4) is 0 Å². The number of allylic oxidation sites excluding steroid dienone is 3. The Bertz CT molecular complexity index is 203. The van der Waals surface area contributed by atoms with Crippen LogP contribution in [0.2, 0.25) is 0 Å². The van der Waals surface area contributed by atoms with Crippen molar-refractivity contribution in [3.63, 3.8) is 0 Å². The predicted octanol–water partition coefficient (Wildman–Crippen LogP) is 1.84. The van der Waals surface area contributed by atoms with Crippen molar-refractivity contribution in [3.05, 3.63) is 24.3 Å². The van der Waals surface area contributed by atoms with E-state index in [4.69, 9.17) is 9.47 Å². The summed E-state index contributed by atoms with van der Waals surface area (Å²) in [5.41, 5.74) is 0. The van der Waals surface area contributed by atoms with Crippen LogP contribution >= 0.6 is 0 Å². The molecule has 0 bridgehead atoms. The fraction of sp³-hybridized carbons (Fsp3) is 0.545. The van der Waals surface area contributed by atoms with E-state index in [1.165, 1.54) is 12.5 Å². The summed E-state index contributed by atoms with van der Waals surface area (Å²) < 4.78 is 10.8. The zero-order valence-electron chi connectivity index (χ0n) is 8.22. The van der Waals surface area contributed by atoms with Crippen molar-refractivity contribution in [2.75, 3.05) is 13.2 Å². The van der Waals surface area contributed by atoms with Crippen LogP contribution < -0.4 is 0 Å². The molecule has 0 aromatic carbocycles. The zero-order chi connectivity index (χ0) is 10.1. The van der Waals surface area contributed by atoms with E-state index in [0.29, 0.717) is 6.61 Å². The van der Waals surface area contributed by atoms with Crippen molar-refractivity contribution < 1.29 is 14.3 Å². The molecule has 1 aliphatic rings. The Hall–Kier alpha value is -0.930. The minimum atomic E-state index is -0.0385. The molecule has 0 N–H and O–H groups in total. The van der Waals surface area contributed by atoms with Crippen molar-refractivity contribution in [2.45, 2.75) is 25.6 Å². The van der Waals surface area contributed by atoms with Crippen LogP contribution in [0, 0.1) is 0 Å². The van der Waals surface area contributed by atoms with Gasteiger partial charge in [-0.2, -0.15) is 0 Å². The summed E-state index contributed by atoms with van der Waals surface area (Å²) in [6.45, 7) is 1.34. The maximum Gasteiger partial charge on any atom is 0.157 e. The smallest absolute Gasteiger partial charge is 0.157 e. The van der Waals surface area contributed by atoms with E-state index in [-0.39, 0.29) is 6.29 Å². The topological polar surface area (TPSA) is 35.5 Å². The van der Waals surface area contributed by atoms with Crippen LogP contribution in [0.25, 0.3) is 0 Å². The molecular formula is C11H16O3. The number of carbonyl (C=O) groups excluding carboxylic acids is 1. The molecule has 0 aromatic heterocycles. The number of rotatable bonds is 5. The van der Waals surface area contributed by atoms with Gasteiger partial charge in [-0.1, -0.05) is 18.2 Å². The van der Waals surface area contributed by atoms with Crippen LogP contribution in [-0.2, 0) is 14.3 Å². The third-order valence-electron chi connectivity index (χ3n) is 1.95. The molecule has 0 aliphatic carbocycles. The Balaban J connectivity index is 2.04. The average molecular weight is 196 g/mol. The lowest BCUT2D eigenvalue weighted by Crippen LogP contribution is -2.22. The maximum absolute atomic E-state index is 9.91. The molecule has 0 saturated carbocycles. The van der Waals surface area contributed by atoms with Gasteiger partial charge in [0, 0.05) is 6.61 Å². The molecule has 1 rings (SSSR count). The van der Waals surface area contributed by atoms with Gasteiger partial charge in [0.1, 0.15) is 6.29 Å². The molecule has 14 heavy (non-hydrogen) atoms. The van der Waals surface area contributed by atoms with Gasteiger partial charge in [0.05, 0.1) is 6.61 Å². The summed E-state index contributed by atoms with van der Waals surface area (Å²) in [7, 11) is 0. The molecular weight excluding hydrogens is 180 g/mol. The third kappa shape index (κ3) is 4.94. The summed E-state index contributed by atoms with van der Waals surface area (Å²) in [4.78, 5) is 9.91. The van der Waals surface area contributed by atoms with Gasteiger partial charge in [-0.05, 0) is 25.3 Å². The molecule has 3 nitrogen and oxygen atoms in total. The van der Waals surface area contributed by atoms with E-state index in [0.717, 1.165) is 25.7 Å². The number of hydrogen-bond acceptors (Lipinski definition) is 3. The highest BCUT2D eigenvalue weighted by Crippen LogP contribution is 2.13. The molecule has 0 aromatic rings. The minimum absolute atomic E-state index is 0.0385. The highest BCUT2D eigenvalue weighted by Gasteiger charge is 2.12. The lowest BCUT2D eigenvalue weighted by molar-refractivity contribution is -0.155. The van der Waals surface area contributed by atoms with Crippen molar-refractivity contribution >= 4 is 6.29 Å². The van der Waals surface area contributed by atoms with E-state index < -0.39 is 0 Å². The largest absolute Gasteiger partial charge is 0.353 e. The van der Waals surface area contributed by atoms with Gasteiger partial charge < -0.3 is 9.47 Å². The molecule has 1 fully saturated rings. The molecule has 0 amide bonds. The molecule has 0 spiro atoms. The normalized spacial score (nSPS) is 23.3. The Morgan fingerprint density at radius 2 is 2.21 bits per heavy atom.